The second kappa shape index (κ2) is 10.2. The molecule has 0 bridgehead atoms. The van der Waals surface area contributed by atoms with Gasteiger partial charge in [-0.1, -0.05) is 6.92 Å². The summed E-state index contributed by atoms with van der Waals surface area (Å²) < 4.78 is 17.1. The monoisotopic (exact) mass is 361 g/mol. The molecule has 1 atom stereocenters. The highest BCUT2D eigenvalue weighted by atomic mass is 16.5. The van der Waals surface area contributed by atoms with Crippen molar-refractivity contribution in [2.45, 2.75) is 39.3 Å². The maximum Gasteiger partial charge on any atom is 0.203 e. The van der Waals surface area contributed by atoms with Gasteiger partial charge in [-0.25, -0.2) is 0 Å². The van der Waals surface area contributed by atoms with Crippen LogP contribution in [0.5, 0.6) is 17.2 Å². The molecule has 1 aliphatic heterocycles. The van der Waals surface area contributed by atoms with Gasteiger partial charge < -0.3 is 14.2 Å². The van der Waals surface area contributed by atoms with Gasteiger partial charge in [-0.3, -0.25) is 9.80 Å². The molecule has 26 heavy (non-hydrogen) atoms. The Kier molecular flexibility index (Phi) is 8.02. The van der Waals surface area contributed by atoms with E-state index >= 15 is 0 Å². The van der Waals surface area contributed by atoms with E-state index in [9.17, 15) is 0 Å². The van der Waals surface area contributed by atoms with Gasteiger partial charge in [0.05, 0.1) is 26.4 Å². The zero-order chi connectivity index (χ0) is 18.9. The lowest BCUT2D eigenvalue weighted by Gasteiger charge is -2.34. The standard InChI is InChI=1S/C20H31N3O3/c1-5-16(2)26-20-18(24-3)13-17(14-19(20)25-4)15-23-11-9-22(10-12-23)8-6-7-21/h13-14,16H,5-6,8-12,15H2,1-4H3. The number of rotatable bonds is 9. The number of hydrogen-bond donors (Lipinski definition) is 0. The minimum absolute atomic E-state index is 0.102. The molecule has 0 saturated carbocycles. The Morgan fingerprint density at radius 3 is 2.15 bits per heavy atom. The van der Waals surface area contributed by atoms with E-state index in [1.165, 1.54) is 0 Å². The van der Waals surface area contributed by atoms with Gasteiger partial charge in [0.2, 0.25) is 5.75 Å². The number of nitrogens with zero attached hydrogens (tertiary/aromatic N) is 3. The van der Waals surface area contributed by atoms with E-state index in [0.29, 0.717) is 23.7 Å². The predicted octanol–water partition coefficient (Wildman–Crippen LogP) is 2.91. The molecule has 0 N–H and O–H groups in total. The molecule has 1 heterocycles. The zero-order valence-electron chi connectivity index (χ0n) is 16.5. The largest absolute Gasteiger partial charge is 0.493 e. The SMILES string of the molecule is CCC(C)Oc1c(OC)cc(CN2CCN(CCC#N)CC2)cc1OC. The van der Waals surface area contributed by atoms with Gasteiger partial charge in [0.1, 0.15) is 0 Å². The third-order valence-electron chi connectivity index (χ3n) is 4.83. The van der Waals surface area contributed by atoms with Crippen LogP contribution in [0.4, 0.5) is 0 Å². The van der Waals surface area contributed by atoms with Gasteiger partial charge in [0, 0.05) is 45.7 Å². The van der Waals surface area contributed by atoms with Crippen molar-refractivity contribution in [1.82, 2.24) is 9.80 Å². The van der Waals surface area contributed by atoms with E-state index in [1.807, 2.05) is 19.1 Å². The molecule has 1 unspecified atom stereocenters. The Morgan fingerprint density at radius 2 is 1.65 bits per heavy atom. The first-order valence-corrected chi connectivity index (χ1v) is 9.34. The number of nitriles is 1. The molecular weight excluding hydrogens is 330 g/mol. The van der Waals surface area contributed by atoms with Gasteiger partial charge in [0.15, 0.2) is 11.5 Å². The third kappa shape index (κ3) is 5.52. The summed E-state index contributed by atoms with van der Waals surface area (Å²) >= 11 is 0. The van der Waals surface area contributed by atoms with Crippen molar-refractivity contribution in [3.8, 4) is 23.3 Å². The molecule has 1 saturated heterocycles. The molecule has 2 rings (SSSR count). The van der Waals surface area contributed by atoms with Crippen molar-refractivity contribution in [2.24, 2.45) is 0 Å². The van der Waals surface area contributed by atoms with Crippen molar-refractivity contribution >= 4 is 0 Å². The summed E-state index contributed by atoms with van der Waals surface area (Å²) in [5, 5.41) is 8.71. The van der Waals surface area contributed by atoms with Crippen LogP contribution in [0.2, 0.25) is 0 Å². The summed E-state index contributed by atoms with van der Waals surface area (Å²) in [5.74, 6) is 2.11. The van der Waals surface area contributed by atoms with Crippen molar-refractivity contribution in [3.05, 3.63) is 17.7 Å². The highest BCUT2D eigenvalue weighted by molar-refractivity contribution is 5.54. The first kappa shape index (κ1) is 20.3. The second-order valence-corrected chi connectivity index (χ2v) is 6.69. The maximum absolute atomic E-state index is 8.71. The lowest BCUT2D eigenvalue weighted by atomic mass is 10.1. The average Bonchev–Trinajstić information content (AvgIpc) is 2.67. The normalized spacial score (nSPS) is 16.7. The molecule has 0 spiro atoms. The average molecular weight is 361 g/mol. The minimum atomic E-state index is 0.102. The van der Waals surface area contributed by atoms with Crippen LogP contribution in [0.3, 0.4) is 0 Å². The van der Waals surface area contributed by atoms with Gasteiger partial charge in [0.25, 0.3) is 0 Å². The van der Waals surface area contributed by atoms with Crippen molar-refractivity contribution < 1.29 is 14.2 Å². The molecule has 0 amide bonds. The maximum atomic E-state index is 8.71. The summed E-state index contributed by atoms with van der Waals surface area (Å²) in [6.45, 7) is 9.86. The molecule has 1 aromatic rings. The van der Waals surface area contributed by atoms with E-state index in [0.717, 1.165) is 51.3 Å². The summed E-state index contributed by atoms with van der Waals surface area (Å²) in [4.78, 5) is 4.77. The molecule has 0 aliphatic carbocycles. The zero-order valence-corrected chi connectivity index (χ0v) is 16.5. The summed E-state index contributed by atoms with van der Waals surface area (Å²) in [5.41, 5.74) is 1.15. The number of methoxy groups -OCH3 is 2. The van der Waals surface area contributed by atoms with Gasteiger partial charge in [-0.15, -0.1) is 0 Å². The van der Waals surface area contributed by atoms with E-state index < -0.39 is 0 Å². The summed E-state index contributed by atoms with van der Waals surface area (Å²) in [7, 11) is 3.33. The van der Waals surface area contributed by atoms with E-state index in [1.54, 1.807) is 14.2 Å². The summed E-state index contributed by atoms with van der Waals surface area (Å²) in [6.07, 6.45) is 1.63. The number of hydrogen-bond acceptors (Lipinski definition) is 6. The molecular formula is C20H31N3O3. The molecule has 6 heteroatoms. The molecule has 1 aliphatic rings. The molecule has 0 radical (unpaired) electrons. The van der Waals surface area contributed by atoms with Gasteiger partial charge >= 0.3 is 0 Å². The number of ether oxygens (including phenoxy) is 3. The van der Waals surface area contributed by atoms with Crippen LogP contribution in [0.25, 0.3) is 0 Å². The lowest BCUT2D eigenvalue weighted by molar-refractivity contribution is 0.129. The van der Waals surface area contributed by atoms with Gasteiger partial charge in [-0.05, 0) is 31.0 Å². The van der Waals surface area contributed by atoms with E-state index in [2.05, 4.69) is 22.8 Å². The van der Waals surface area contributed by atoms with Crippen LogP contribution in [0.1, 0.15) is 32.3 Å². The molecule has 0 aromatic heterocycles. The molecule has 1 fully saturated rings. The molecule has 144 valence electrons. The summed E-state index contributed by atoms with van der Waals surface area (Å²) in [6, 6.07) is 6.31. The van der Waals surface area contributed by atoms with Crippen molar-refractivity contribution in [2.75, 3.05) is 46.9 Å². The van der Waals surface area contributed by atoms with Crippen LogP contribution < -0.4 is 14.2 Å². The number of piperazine rings is 1. The molecule has 1 aromatic carbocycles. The Bertz CT molecular complexity index is 582. The minimum Gasteiger partial charge on any atom is -0.493 e. The van der Waals surface area contributed by atoms with E-state index in [4.69, 9.17) is 19.5 Å². The Labute approximate surface area is 157 Å². The Hall–Kier alpha value is -1.97. The van der Waals surface area contributed by atoms with Crippen LogP contribution in [0, 0.1) is 11.3 Å². The first-order valence-electron chi connectivity index (χ1n) is 9.34. The smallest absolute Gasteiger partial charge is 0.203 e. The highest BCUT2D eigenvalue weighted by Gasteiger charge is 2.20. The fraction of sp³-hybridized carbons (Fsp3) is 0.650. The lowest BCUT2D eigenvalue weighted by Crippen LogP contribution is -2.46. The fourth-order valence-corrected chi connectivity index (χ4v) is 3.06. The van der Waals surface area contributed by atoms with Crippen LogP contribution in [-0.2, 0) is 6.54 Å². The number of benzene rings is 1. The molecule has 6 nitrogen and oxygen atoms in total. The van der Waals surface area contributed by atoms with E-state index in [-0.39, 0.29) is 6.10 Å². The fourth-order valence-electron chi connectivity index (χ4n) is 3.06. The first-order chi connectivity index (χ1) is 12.6. The van der Waals surface area contributed by atoms with Crippen molar-refractivity contribution in [1.29, 1.82) is 5.26 Å². The van der Waals surface area contributed by atoms with Crippen LogP contribution in [0.15, 0.2) is 12.1 Å². The Balaban J connectivity index is 2.05. The topological polar surface area (TPSA) is 58.0 Å². The third-order valence-corrected chi connectivity index (χ3v) is 4.83. The van der Waals surface area contributed by atoms with Crippen molar-refractivity contribution in [3.63, 3.8) is 0 Å². The van der Waals surface area contributed by atoms with Crippen LogP contribution in [-0.4, -0.2) is 62.8 Å². The predicted molar refractivity (Wildman–Crippen MR) is 102 cm³/mol. The van der Waals surface area contributed by atoms with Gasteiger partial charge in [-0.2, -0.15) is 5.26 Å². The highest BCUT2D eigenvalue weighted by Crippen LogP contribution is 2.39. The van der Waals surface area contributed by atoms with Crippen LogP contribution >= 0.6 is 0 Å². The Morgan fingerprint density at radius 1 is 1.08 bits per heavy atom. The second-order valence-electron chi connectivity index (χ2n) is 6.69. The quantitative estimate of drug-likeness (QED) is 0.674.